The van der Waals surface area contributed by atoms with Gasteiger partial charge in [-0.15, -0.1) is 0 Å². The summed E-state index contributed by atoms with van der Waals surface area (Å²) in [6.07, 6.45) is -0.220. The molecule has 2 spiro atoms. The molecule has 0 aromatic rings. The SMILES string of the molecule is O=C1NCC2(CCN(C3CC4(CCN(C(=O)OC(O)(O)O)C4)C3)CC2)O1. The number of nitrogens with zero attached hydrogens (tertiary/aromatic N) is 2. The Kier molecular flexibility index (Phi) is 4.07. The van der Waals surface area contributed by atoms with Gasteiger partial charge in [-0.3, -0.25) is 0 Å². The van der Waals surface area contributed by atoms with Gasteiger partial charge >= 0.3 is 18.3 Å². The summed E-state index contributed by atoms with van der Waals surface area (Å²) in [5.74, 6) is 0. The van der Waals surface area contributed by atoms with Gasteiger partial charge in [0.2, 0.25) is 0 Å². The van der Waals surface area contributed by atoms with Crippen molar-refractivity contribution < 1.29 is 34.4 Å². The van der Waals surface area contributed by atoms with Crippen molar-refractivity contribution in [3.63, 3.8) is 0 Å². The Bertz CT molecular complexity index is 591. The zero-order valence-electron chi connectivity index (χ0n) is 14.5. The van der Waals surface area contributed by atoms with E-state index in [9.17, 15) is 9.59 Å². The van der Waals surface area contributed by atoms with E-state index in [1.54, 1.807) is 0 Å². The molecule has 4 N–H and O–H groups in total. The van der Waals surface area contributed by atoms with Crippen LogP contribution in [-0.4, -0.2) is 87.8 Å². The summed E-state index contributed by atoms with van der Waals surface area (Å²) in [6.45, 7) is 3.35. The predicted molar refractivity (Wildman–Crippen MR) is 85.5 cm³/mol. The second-order valence-electron chi connectivity index (χ2n) is 8.14. The smallest absolute Gasteiger partial charge is 0.441 e. The van der Waals surface area contributed by atoms with Crippen LogP contribution in [0.3, 0.4) is 0 Å². The highest BCUT2D eigenvalue weighted by molar-refractivity contribution is 5.70. The summed E-state index contributed by atoms with van der Waals surface area (Å²) in [5, 5.41) is 29.0. The summed E-state index contributed by atoms with van der Waals surface area (Å²) in [5.41, 5.74) is -0.294. The molecule has 26 heavy (non-hydrogen) atoms. The lowest BCUT2D eigenvalue weighted by Crippen LogP contribution is -2.57. The van der Waals surface area contributed by atoms with Gasteiger partial charge in [0.25, 0.3) is 0 Å². The molecule has 1 saturated carbocycles. The summed E-state index contributed by atoms with van der Waals surface area (Å²) in [6, 6.07) is 0.459. The molecule has 0 radical (unpaired) electrons. The third-order valence-electron chi connectivity index (χ3n) is 6.35. The highest BCUT2D eigenvalue weighted by atomic mass is 16.9. The minimum atomic E-state index is -3.43. The fraction of sp³-hybridized carbons (Fsp3) is 0.875. The van der Waals surface area contributed by atoms with E-state index in [0.717, 1.165) is 45.2 Å². The van der Waals surface area contributed by atoms with Gasteiger partial charge in [0.05, 0.1) is 6.54 Å². The number of nitrogens with one attached hydrogen (secondary N) is 1. The second kappa shape index (κ2) is 5.95. The summed E-state index contributed by atoms with van der Waals surface area (Å²) >= 11 is 0. The van der Waals surface area contributed by atoms with Crippen molar-refractivity contribution in [2.75, 3.05) is 32.7 Å². The van der Waals surface area contributed by atoms with Crippen LogP contribution in [0.5, 0.6) is 0 Å². The number of rotatable bonds is 2. The van der Waals surface area contributed by atoms with E-state index in [1.807, 2.05) is 0 Å². The molecule has 3 saturated heterocycles. The van der Waals surface area contributed by atoms with Gasteiger partial charge < -0.3 is 39.9 Å². The van der Waals surface area contributed by atoms with Gasteiger partial charge in [0, 0.05) is 45.1 Å². The Labute approximate surface area is 150 Å². The van der Waals surface area contributed by atoms with Crippen LogP contribution in [0.2, 0.25) is 0 Å². The molecule has 0 aromatic carbocycles. The molecule has 10 heteroatoms. The first kappa shape index (κ1) is 17.8. The topological polar surface area (TPSA) is 132 Å². The molecule has 3 aliphatic heterocycles. The molecule has 4 aliphatic rings. The average Bonchev–Trinajstić information content (AvgIpc) is 3.10. The standard InChI is InChI=1S/C16H25N3O7/c20-12-17-9-15(25-12)2-5-18(6-3-15)11-7-14(8-11)1-4-19(10-14)13(21)26-16(22,23)24/h11,22-24H,1-10H2,(H,17,20). The van der Waals surface area contributed by atoms with Crippen LogP contribution < -0.4 is 5.32 Å². The second-order valence-corrected chi connectivity index (χ2v) is 8.14. The number of alkyl carbamates (subject to hydrolysis) is 1. The monoisotopic (exact) mass is 371 g/mol. The Morgan fingerprint density at radius 2 is 1.88 bits per heavy atom. The molecule has 0 atom stereocenters. The van der Waals surface area contributed by atoms with Gasteiger partial charge in [0.15, 0.2) is 0 Å². The van der Waals surface area contributed by atoms with Crippen LogP contribution in [-0.2, 0) is 9.47 Å². The third kappa shape index (κ3) is 3.34. The van der Waals surface area contributed by atoms with Gasteiger partial charge in [-0.25, -0.2) is 9.59 Å². The van der Waals surface area contributed by atoms with E-state index in [-0.39, 0.29) is 17.1 Å². The molecule has 4 fully saturated rings. The molecular weight excluding hydrogens is 346 g/mol. The molecule has 10 nitrogen and oxygen atoms in total. The molecule has 4 rings (SSSR count). The number of hydrogen-bond acceptors (Lipinski definition) is 8. The number of piperidine rings is 1. The fourth-order valence-electron chi connectivity index (χ4n) is 4.88. The van der Waals surface area contributed by atoms with E-state index in [4.69, 9.17) is 20.1 Å². The Balaban J connectivity index is 1.25. The van der Waals surface area contributed by atoms with Gasteiger partial charge in [0.1, 0.15) is 5.60 Å². The first-order valence-corrected chi connectivity index (χ1v) is 9.04. The van der Waals surface area contributed by atoms with Crippen molar-refractivity contribution in [2.45, 2.75) is 49.9 Å². The zero-order chi connectivity index (χ0) is 18.6. The van der Waals surface area contributed by atoms with E-state index in [2.05, 4.69) is 15.0 Å². The van der Waals surface area contributed by atoms with Crippen molar-refractivity contribution in [2.24, 2.45) is 5.41 Å². The van der Waals surface area contributed by atoms with E-state index in [0.29, 0.717) is 25.7 Å². The number of ether oxygens (including phenoxy) is 2. The van der Waals surface area contributed by atoms with Crippen LogP contribution >= 0.6 is 0 Å². The molecule has 0 aromatic heterocycles. The quantitative estimate of drug-likeness (QED) is 0.461. The minimum Gasteiger partial charge on any atom is -0.441 e. The largest absolute Gasteiger partial charge is 0.456 e. The average molecular weight is 371 g/mol. The normalized spacial score (nSPS) is 33.9. The highest BCUT2D eigenvalue weighted by Crippen LogP contribution is 2.51. The van der Waals surface area contributed by atoms with Crippen LogP contribution in [0, 0.1) is 5.41 Å². The number of carbonyl (C=O) groups is 2. The summed E-state index contributed by atoms with van der Waals surface area (Å²) in [7, 11) is 0. The zero-order valence-corrected chi connectivity index (χ0v) is 14.5. The van der Waals surface area contributed by atoms with Crippen molar-refractivity contribution >= 4 is 12.2 Å². The number of amides is 2. The lowest BCUT2D eigenvalue weighted by atomic mass is 9.64. The van der Waals surface area contributed by atoms with Gasteiger partial charge in [-0.2, -0.15) is 0 Å². The number of aliphatic hydroxyl groups is 3. The molecule has 0 bridgehead atoms. The highest BCUT2D eigenvalue weighted by Gasteiger charge is 2.53. The van der Waals surface area contributed by atoms with E-state index in [1.165, 1.54) is 4.90 Å². The Hall–Kier alpha value is -1.62. The maximum atomic E-state index is 11.8. The van der Waals surface area contributed by atoms with Crippen LogP contribution in [0.1, 0.15) is 32.1 Å². The van der Waals surface area contributed by atoms with Crippen LogP contribution in [0.4, 0.5) is 9.59 Å². The van der Waals surface area contributed by atoms with E-state index >= 15 is 0 Å². The first-order chi connectivity index (χ1) is 12.2. The lowest BCUT2D eigenvalue weighted by molar-refractivity contribution is -0.432. The predicted octanol–water partition coefficient (Wildman–Crippen LogP) is -0.860. The molecule has 3 heterocycles. The van der Waals surface area contributed by atoms with E-state index < -0.39 is 12.3 Å². The third-order valence-corrected chi connectivity index (χ3v) is 6.35. The molecule has 1 aliphatic carbocycles. The maximum absolute atomic E-state index is 11.8. The summed E-state index contributed by atoms with van der Waals surface area (Å²) < 4.78 is 9.63. The van der Waals surface area contributed by atoms with Crippen LogP contribution in [0.15, 0.2) is 0 Å². The van der Waals surface area contributed by atoms with Crippen molar-refractivity contribution in [1.29, 1.82) is 0 Å². The molecule has 0 unspecified atom stereocenters. The number of hydrogen-bond donors (Lipinski definition) is 4. The number of likely N-dealkylation sites (tertiary alicyclic amines) is 2. The molecular formula is C16H25N3O7. The molecule has 2 amide bonds. The fourth-order valence-corrected chi connectivity index (χ4v) is 4.88. The Morgan fingerprint density at radius 1 is 1.19 bits per heavy atom. The summed E-state index contributed by atoms with van der Waals surface area (Å²) in [4.78, 5) is 27.0. The Morgan fingerprint density at radius 3 is 2.46 bits per heavy atom. The number of carbonyl (C=O) groups excluding carboxylic acids is 2. The first-order valence-electron chi connectivity index (χ1n) is 9.04. The van der Waals surface area contributed by atoms with Gasteiger partial charge in [-0.1, -0.05) is 0 Å². The molecule has 146 valence electrons. The maximum Gasteiger partial charge on any atom is 0.456 e. The van der Waals surface area contributed by atoms with Gasteiger partial charge in [-0.05, 0) is 24.7 Å². The van der Waals surface area contributed by atoms with Crippen LogP contribution in [0.25, 0.3) is 0 Å². The van der Waals surface area contributed by atoms with Crippen molar-refractivity contribution in [3.8, 4) is 0 Å². The van der Waals surface area contributed by atoms with Crippen molar-refractivity contribution in [1.82, 2.24) is 15.1 Å². The van der Waals surface area contributed by atoms with Crippen molar-refractivity contribution in [3.05, 3.63) is 0 Å². The minimum absolute atomic E-state index is 0.0449. The lowest BCUT2D eigenvalue weighted by Gasteiger charge is -2.52.